The van der Waals surface area contributed by atoms with Gasteiger partial charge in [0.1, 0.15) is 5.69 Å². The molecule has 0 radical (unpaired) electrons. The number of H-pyrrole nitrogens is 1. The third-order valence-corrected chi connectivity index (χ3v) is 3.96. The van der Waals surface area contributed by atoms with E-state index in [9.17, 15) is 9.90 Å². The molecule has 1 fully saturated rings. The number of aliphatic hydroxyl groups excluding tert-OH is 1. The second-order valence-corrected chi connectivity index (χ2v) is 5.67. The topological polar surface area (TPSA) is 87.0 Å². The molecule has 0 unspecified atom stereocenters. The molecule has 3 heterocycles. The number of amides is 1. The van der Waals surface area contributed by atoms with Gasteiger partial charge in [0.25, 0.3) is 5.91 Å². The highest BCUT2D eigenvalue weighted by Crippen LogP contribution is 2.22. The molecule has 0 aliphatic carbocycles. The molecule has 2 N–H and O–H groups in total. The fourth-order valence-corrected chi connectivity index (χ4v) is 2.79. The summed E-state index contributed by atoms with van der Waals surface area (Å²) in [4.78, 5) is 18.1. The first-order valence-corrected chi connectivity index (χ1v) is 6.99. The minimum absolute atomic E-state index is 0.0184. The molecule has 1 aliphatic rings. The lowest BCUT2D eigenvalue weighted by atomic mass is 10.0. The second-order valence-electron chi connectivity index (χ2n) is 5.67. The molecule has 21 heavy (non-hydrogen) atoms. The van der Waals surface area contributed by atoms with Gasteiger partial charge in [-0.25, -0.2) is 4.98 Å². The zero-order chi connectivity index (χ0) is 15.0. The molecule has 112 valence electrons. The van der Waals surface area contributed by atoms with E-state index in [0.717, 1.165) is 11.4 Å². The van der Waals surface area contributed by atoms with Gasteiger partial charge in [-0.15, -0.1) is 0 Å². The van der Waals surface area contributed by atoms with E-state index < -0.39 is 6.10 Å². The van der Waals surface area contributed by atoms with Gasteiger partial charge in [-0.05, 0) is 19.4 Å². The number of hydrogen-bond donors (Lipinski definition) is 2. The summed E-state index contributed by atoms with van der Waals surface area (Å²) in [7, 11) is 1.79. The molecule has 7 nitrogen and oxygen atoms in total. The summed E-state index contributed by atoms with van der Waals surface area (Å²) in [6.07, 6.45) is 3.31. The lowest BCUT2D eigenvalue weighted by Gasteiger charge is -2.15. The van der Waals surface area contributed by atoms with Crippen LogP contribution in [0.2, 0.25) is 0 Å². The molecule has 7 heteroatoms. The Kier molecular flexibility index (Phi) is 3.50. The number of nitrogens with zero attached hydrogens (tertiary/aromatic N) is 4. The predicted molar refractivity (Wildman–Crippen MR) is 75.6 cm³/mol. The highest BCUT2D eigenvalue weighted by molar-refractivity contribution is 5.92. The van der Waals surface area contributed by atoms with Gasteiger partial charge in [-0.3, -0.25) is 9.89 Å². The van der Waals surface area contributed by atoms with Crippen LogP contribution in [-0.4, -0.2) is 54.9 Å². The maximum absolute atomic E-state index is 12.4. The van der Waals surface area contributed by atoms with Crippen LogP contribution in [0.1, 0.15) is 21.9 Å². The normalized spacial score (nSPS) is 22.0. The molecule has 1 aliphatic heterocycles. The van der Waals surface area contributed by atoms with Gasteiger partial charge in [-0.1, -0.05) is 0 Å². The summed E-state index contributed by atoms with van der Waals surface area (Å²) >= 11 is 0. The van der Waals surface area contributed by atoms with Crippen molar-refractivity contribution in [2.24, 2.45) is 13.0 Å². The van der Waals surface area contributed by atoms with Crippen molar-refractivity contribution in [1.82, 2.24) is 24.6 Å². The molecule has 0 aromatic carbocycles. The Morgan fingerprint density at radius 3 is 2.95 bits per heavy atom. The Balaban J connectivity index is 1.68. The van der Waals surface area contributed by atoms with E-state index in [1.165, 1.54) is 0 Å². The fraction of sp³-hybridized carbons (Fsp3) is 0.500. The molecule has 1 amide bonds. The summed E-state index contributed by atoms with van der Waals surface area (Å²) < 4.78 is 1.69. The van der Waals surface area contributed by atoms with Crippen molar-refractivity contribution in [1.29, 1.82) is 0 Å². The Labute approximate surface area is 122 Å². The molecule has 3 rings (SSSR count). The summed E-state index contributed by atoms with van der Waals surface area (Å²) in [5.74, 6) is -0.0698. The molecule has 0 spiro atoms. The molecule has 0 bridgehead atoms. The third kappa shape index (κ3) is 2.69. The van der Waals surface area contributed by atoms with E-state index in [-0.39, 0.29) is 11.8 Å². The number of hydrogen-bond acceptors (Lipinski definition) is 4. The van der Waals surface area contributed by atoms with Crippen molar-refractivity contribution in [2.45, 2.75) is 19.4 Å². The van der Waals surface area contributed by atoms with Crippen LogP contribution in [0.5, 0.6) is 0 Å². The Hall–Kier alpha value is -2.15. The minimum Gasteiger partial charge on any atom is -0.391 e. The molecule has 0 saturated carbocycles. The summed E-state index contributed by atoms with van der Waals surface area (Å²) in [6, 6.07) is 1.97. The first kappa shape index (κ1) is 13.8. The van der Waals surface area contributed by atoms with Crippen molar-refractivity contribution in [3.05, 3.63) is 35.7 Å². The van der Waals surface area contributed by atoms with Gasteiger partial charge < -0.3 is 14.6 Å². The van der Waals surface area contributed by atoms with Crippen molar-refractivity contribution in [2.75, 3.05) is 13.1 Å². The number of carbonyl (C=O) groups excluding carboxylic acids is 1. The van der Waals surface area contributed by atoms with Crippen LogP contribution in [0.4, 0.5) is 0 Å². The van der Waals surface area contributed by atoms with Crippen LogP contribution in [0.15, 0.2) is 18.6 Å². The number of likely N-dealkylation sites (tertiary alicyclic amines) is 1. The van der Waals surface area contributed by atoms with Crippen LogP contribution in [0, 0.1) is 12.8 Å². The fourth-order valence-electron chi connectivity index (χ4n) is 2.79. The number of aryl methyl sites for hydroxylation is 2. The Morgan fingerprint density at radius 1 is 1.52 bits per heavy atom. The molecular weight excluding hydrogens is 270 g/mol. The first-order valence-electron chi connectivity index (χ1n) is 6.99. The van der Waals surface area contributed by atoms with Crippen LogP contribution < -0.4 is 0 Å². The van der Waals surface area contributed by atoms with Crippen LogP contribution >= 0.6 is 0 Å². The van der Waals surface area contributed by atoms with E-state index >= 15 is 0 Å². The number of carbonyl (C=O) groups is 1. The molecule has 2 aromatic rings. The van der Waals surface area contributed by atoms with E-state index in [1.807, 2.05) is 13.0 Å². The Bertz CT molecular complexity index is 647. The monoisotopic (exact) mass is 289 g/mol. The van der Waals surface area contributed by atoms with Gasteiger partial charge in [0.15, 0.2) is 0 Å². The zero-order valence-corrected chi connectivity index (χ0v) is 12.2. The Morgan fingerprint density at radius 2 is 2.33 bits per heavy atom. The van der Waals surface area contributed by atoms with Gasteiger partial charge in [0.2, 0.25) is 0 Å². The third-order valence-electron chi connectivity index (χ3n) is 3.96. The number of rotatable bonds is 3. The summed E-state index contributed by atoms with van der Waals surface area (Å²) in [5.41, 5.74) is 2.46. The van der Waals surface area contributed by atoms with Crippen LogP contribution in [0.3, 0.4) is 0 Å². The van der Waals surface area contributed by atoms with Gasteiger partial charge >= 0.3 is 0 Å². The van der Waals surface area contributed by atoms with Crippen molar-refractivity contribution in [3.8, 4) is 0 Å². The standard InChI is InChI=1S/C14H19N5O2/c1-9-3-11(17-16-9)4-10-6-19(7-13(10)20)14(21)12-5-15-8-18(12)2/h3,5,8,10,13,20H,4,6-7H2,1-2H3,(H,16,17)/t10-,13+/m1/s1. The molecule has 2 aromatic heterocycles. The molecular formula is C14H19N5O2. The summed E-state index contributed by atoms with van der Waals surface area (Å²) in [6.45, 7) is 2.84. The maximum Gasteiger partial charge on any atom is 0.272 e. The largest absolute Gasteiger partial charge is 0.391 e. The number of aliphatic hydroxyl groups is 1. The van der Waals surface area contributed by atoms with Crippen molar-refractivity contribution < 1.29 is 9.90 Å². The lowest BCUT2D eigenvalue weighted by Crippen LogP contribution is -2.30. The minimum atomic E-state index is -0.515. The van der Waals surface area contributed by atoms with Gasteiger partial charge in [-0.2, -0.15) is 5.10 Å². The molecule has 2 atom stereocenters. The van der Waals surface area contributed by atoms with E-state index in [1.54, 1.807) is 29.0 Å². The highest BCUT2D eigenvalue weighted by Gasteiger charge is 2.35. The quantitative estimate of drug-likeness (QED) is 0.840. The maximum atomic E-state index is 12.4. The molecule has 1 saturated heterocycles. The number of aromatic amines is 1. The van der Waals surface area contributed by atoms with E-state index in [0.29, 0.717) is 25.2 Å². The van der Waals surface area contributed by atoms with Crippen molar-refractivity contribution in [3.63, 3.8) is 0 Å². The average molecular weight is 289 g/mol. The lowest BCUT2D eigenvalue weighted by molar-refractivity contribution is 0.0755. The average Bonchev–Trinajstić information content (AvgIpc) is 3.12. The number of β-amino-alcohol motifs (C(OH)–C–C–N with tert-alkyl or cyclic N) is 1. The van der Waals surface area contributed by atoms with Crippen LogP contribution in [0.25, 0.3) is 0 Å². The number of nitrogens with one attached hydrogen (secondary N) is 1. The second kappa shape index (κ2) is 5.33. The van der Waals surface area contributed by atoms with Crippen LogP contribution in [-0.2, 0) is 13.5 Å². The highest BCUT2D eigenvalue weighted by atomic mass is 16.3. The van der Waals surface area contributed by atoms with Gasteiger partial charge in [0, 0.05) is 31.7 Å². The predicted octanol–water partition coefficient (Wildman–Crippen LogP) is 0.127. The first-order chi connectivity index (χ1) is 10.0. The van der Waals surface area contributed by atoms with E-state index in [2.05, 4.69) is 15.2 Å². The van der Waals surface area contributed by atoms with Crippen molar-refractivity contribution >= 4 is 5.91 Å². The number of aromatic nitrogens is 4. The van der Waals surface area contributed by atoms with E-state index in [4.69, 9.17) is 0 Å². The zero-order valence-electron chi connectivity index (χ0n) is 12.2. The summed E-state index contributed by atoms with van der Waals surface area (Å²) in [5, 5.41) is 17.3. The smallest absolute Gasteiger partial charge is 0.272 e. The number of imidazole rings is 1. The van der Waals surface area contributed by atoms with Gasteiger partial charge in [0.05, 0.1) is 24.3 Å². The SMILES string of the molecule is Cc1cc(C[C@@H]2CN(C(=O)c3cncn3C)C[C@@H]2O)n[nH]1.